The Morgan fingerprint density at radius 3 is 2.67 bits per heavy atom. The first-order chi connectivity index (χ1) is 5.56. The van der Waals surface area contributed by atoms with Crippen molar-refractivity contribution in [2.24, 2.45) is 5.73 Å². The number of nitrogens with zero attached hydrogens (tertiary/aromatic N) is 1. The van der Waals surface area contributed by atoms with Crippen LogP contribution in [0.2, 0.25) is 0 Å². The summed E-state index contributed by atoms with van der Waals surface area (Å²) in [6.45, 7) is 3.86. The molecule has 0 amide bonds. The van der Waals surface area contributed by atoms with Crippen LogP contribution in [0.4, 0.5) is 0 Å². The van der Waals surface area contributed by atoms with Gasteiger partial charge in [-0.2, -0.15) is 0 Å². The summed E-state index contributed by atoms with van der Waals surface area (Å²) < 4.78 is 5.12. The number of hydrogen-bond donors (Lipinski definition) is 1. The molecule has 0 bridgehead atoms. The monoisotopic (exact) mass is 190 g/mol. The summed E-state index contributed by atoms with van der Waals surface area (Å²) in [4.78, 5) is 2.74. The average Bonchev–Trinajstić information content (AvgIpc) is 2.00. The van der Waals surface area contributed by atoms with Crippen LogP contribution in [0.15, 0.2) is 0 Å². The zero-order valence-corrected chi connectivity index (χ0v) is 8.86. The molecule has 0 aromatic heterocycles. The largest absolute Gasteiger partial charge is 0.393 e. The molecule has 3 nitrogen and oxygen atoms in total. The van der Waals surface area contributed by atoms with Crippen LogP contribution < -0.4 is 5.73 Å². The zero-order valence-electron chi connectivity index (χ0n) is 8.04. The predicted octanol–water partition coefficient (Wildman–Crippen LogP) is 0.629. The molecule has 0 aliphatic carbocycles. The van der Waals surface area contributed by atoms with Crippen molar-refractivity contribution in [3.05, 3.63) is 0 Å². The number of methoxy groups -OCH3 is 1. The maximum absolute atomic E-state index is 5.38. The van der Waals surface area contributed by atoms with Gasteiger partial charge in [0, 0.05) is 26.6 Å². The topological polar surface area (TPSA) is 38.5 Å². The molecular formula is C8H18N2OS. The smallest absolute Gasteiger partial charge is 0.0740 e. The number of ether oxygens (including phenoxy) is 1. The Kier molecular flexibility index (Phi) is 6.24. The van der Waals surface area contributed by atoms with E-state index in [1.54, 1.807) is 7.11 Å². The summed E-state index contributed by atoms with van der Waals surface area (Å²) in [5.41, 5.74) is 5.38. The summed E-state index contributed by atoms with van der Waals surface area (Å²) in [5, 5.41) is 0. The fourth-order valence-corrected chi connectivity index (χ4v) is 0.997. The van der Waals surface area contributed by atoms with Crippen LogP contribution in [0.3, 0.4) is 0 Å². The first-order valence-electron chi connectivity index (χ1n) is 4.06. The molecule has 0 spiro atoms. The Morgan fingerprint density at radius 1 is 1.67 bits per heavy atom. The Labute approximate surface area is 79.9 Å². The summed E-state index contributed by atoms with van der Waals surface area (Å²) in [6.07, 6.45) is 1.05. The Morgan fingerprint density at radius 2 is 2.25 bits per heavy atom. The summed E-state index contributed by atoms with van der Waals surface area (Å²) in [6, 6.07) is 0. The number of likely N-dealkylation sites (N-methyl/N-ethyl adjacent to an activating group) is 1. The van der Waals surface area contributed by atoms with Gasteiger partial charge in [0.15, 0.2) is 0 Å². The van der Waals surface area contributed by atoms with Crippen molar-refractivity contribution < 1.29 is 4.74 Å². The Hall–Kier alpha value is -0.190. The Bertz CT molecular complexity index is 141. The molecule has 4 heteroatoms. The maximum Gasteiger partial charge on any atom is 0.0740 e. The predicted molar refractivity (Wildman–Crippen MR) is 55.4 cm³/mol. The molecule has 1 atom stereocenters. The van der Waals surface area contributed by atoms with E-state index in [2.05, 4.69) is 4.90 Å². The van der Waals surface area contributed by atoms with E-state index in [4.69, 9.17) is 22.7 Å². The van der Waals surface area contributed by atoms with Crippen LogP contribution in [0.5, 0.6) is 0 Å². The minimum atomic E-state index is 0.265. The lowest BCUT2D eigenvalue weighted by atomic mass is 10.3. The molecule has 0 rings (SSSR count). The maximum atomic E-state index is 5.38. The third kappa shape index (κ3) is 6.52. The van der Waals surface area contributed by atoms with Crippen molar-refractivity contribution >= 4 is 17.2 Å². The summed E-state index contributed by atoms with van der Waals surface area (Å²) in [7, 11) is 3.75. The standard InChI is InChI=1S/C8H18N2OS/c1-7(11-3)6-10(2)5-4-8(9)12/h7H,4-6H2,1-3H3,(H2,9,12). The molecule has 0 saturated carbocycles. The summed E-state index contributed by atoms with van der Waals surface area (Å²) in [5.74, 6) is 0. The summed E-state index contributed by atoms with van der Waals surface area (Å²) >= 11 is 4.78. The lowest BCUT2D eigenvalue weighted by Gasteiger charge is -2.19. The van der Waals surface area contributed by atoms with Gasteiger partial charge in [0.05, 0.1) is 11.1 Å². The van der Waals surface area contributed by atoms with Gasteiger partial charge in [-0.1, -0.05) is 12.2 Å². The number of hydrogen-bond acceptors (Lipinski definition) is 3. The molecule has 1 unspecified atom stereocenters. The highest BCUT2D eigenvalue weighted by molar-refractivity contribution is 7.80. The highest BCUT2D eigenvalue weighted by atomic mass is 32.1. The van der Waals surface area contributed by atoms with Crippen molar-refractivity contribution in [1.29, 1.82) is 0 Å². The molecule has 0 saturated heterocycles. The molecule has 0 aliphatic rings. The van der Waals surface area contributed by atoms with Crippen molar-refractivity contribution in [2.75, 3.05) is 27.2 Å². The van der Waals surface area contributed by atoms with Gasteiger partial charge in [-0.15, -0.1) is 0 Å². The van der Waals surface area contributed by atoms with Gasteiger partial charge in [0.2, 0.25) is 0 Å². The number of rotatable bonds is 6. The van der Waals surface area contributed by atoms with Crippen LogP contribution in [-0.2, 0) is 4.74 Å². The van der Waals surface area contributed by atoms with Crippen molar-refractivity contribution in [2.45, 2.75) is 19.4 Å². The molecule has 72 valence electrons. The van der Waals surface area contributed by atoms with Crippen LogP contribution in [0, 0.1) is 0 Å². The molecule has 2 N–H and O–H groups in total. The van der Waals surface area contributed by atoms with Gasteiger partial charge < -0.3 is 15.4 Å². The van der Waals surface area contributed by atoms with E-state index < -0.39 is 0 Å². The minimum absolute atomic E-state index is 0.265. The molecule has 0 heterocycles. The molecule has 12 heavy (non-hydrogen) atoms. The molecule has 0 aliphatic heterocycles. The number of nitrogens with two attached hydrogens (primary N) is 1. The molecule has 0 aromatic carbocycles. The van der Waals surface area contributed by atoms with E-state index in [9.17, 15) is 0 Å². The van der Waals surface area contributed by atoms with E-state index in [0.717, 1.165) is 19.5 Å². The fourth-order valence-electron chi connectivity index (χ4n) is 0.906. The molecule has 0 radical (unpaired) electrons. The lowest BCUT2D eigenvalue weighted by Crippen LogP contribution is -2.31. The molecule has 0 aromatic rings. The third-order valence-corrected chi connectivity index (χ3v) is 1.92. The van der Waals surface area contributed by atoms with Gasteiger partial charge in [-0.25, -0.2) is 0 Å². The van der Waals surface area contributed by atoms with Crippen LogP contribution in [-0.4, -0.2) is 43.2 Å². The van der Waals surface area contributed by atoms with E-state index >= 15 is 0 Å². The van der Waals surface area contributed by atoms with Crippen LogP contribution in [0.1, 0.15) is 13.3 Å². The van der Waals surface area contributed by atoms with E-state index in [1.807, 2.05) is 14.0 Å². The minimum Gasteiger partial charge on any atom is -0.393 e. The zero-order chi connectivity index (χ0) is 9.56. The highest BCUT2D eigenvalue weighted by Gasteiger charge is 2.04. The van der Waals surface area contributed by atoms with Gasteiger partial charge >= 0.3 is 0 Å². The van der Waals surface area contributed by atoms with E-state index in [1.165, 1.54) is 0 Å². The first-order valence-corrected chi connectivity index (χ1v) is 4.46. The SMILES string of the molecule is COC(C)CN(C)CCC(N)=S. The second kappa shape index (κ2) is 6.34. The molecular weight excluding hydrogens is 172 g/mol. The van der Waals surface area contributed by atoms with Gasteiger partial charge in [0.25, 0.3) is 0 Å². The van der Waals surface area contributed by atoms with Crippen molar-refractivity contribution in [1.82, 2.24) is 4.90 Å². The normalized spacial score (nSPS) is 13.3. The van der Waals surface area contributed by atoms with Crippen molar-refractivity contribution in [3.63, 3.8) is 0 Å². The second-order valence-corrected chi connectivity index (χ2v) is 3.55. The van der Waals surface area contributed by atoms with Gasteiger partial charge in [0.1, 0.15) is 0 Å². The fraction of sp³-hybridized carbons (Fsp3) is 0.875. The highest BCUT2D eigenvalue weighted by Crippen LogP contribution is 1.93. The van der Waals surface area contributed by atoms with Gasteiger partial charge in [-0.05, 0) is 14.0 Å². The number of thiocarbonyl (C=S) groups is 1. The second-order valence-electron chi connectivity index (χ2n) is 3.02. The van der Waals surface area contributed by atoms with E-state index in [-0.39, 0.29) is 6.10 Å². The lowest BCUT2D eigenvalue weighted by molar-refractivity contribution is 0.0866. The first kappa shape index (κ1) is 11.8. The van der Waals surface area contributed by atoms with Gasteiger partial charge in [-0.3, -0.25) is 0 Å². The Balaban J connectivity index is 3.45. The molecule has 0 fully saturated rings. The van der Waals surface area contributed by atoms with E-state index in [0.29, 0.717) is 4.99 Å². The van der Waals surface area contributed by atoms with Crippen LogP contribution in [0.25, 0.3) is 0 Å². The van der Waals surface area contributed by atoms with Crippen LogP contribution >= 0.6 is 12.2 Å². The quantitative estimate of drug-likeness (QED) is 0.624. The third-order valence-electron chi connectivity index (χ3n) is 1.71. The van der Waals surface area contributed by atoms with Crippen molar-refractivity contribution in [3.8, 4) is 0 Å². The average molecular weight is 190 g/mol.